The number of carbonyl (C=O) groups excluding carboxylic acids is 1. The second-order valence-corrected chi connectivity index (χ2v) is 4.28. The zero-order valence-electron chi connectivity index (χ0n) is 11.2. The number of likely N-dealkylation sites (N-methyl/N-ethyl adjacent to an activating group) is 1. The van der Waals surface area contributed by atoms with E-state index in [-0.39, 0.29) is 12.5 Å². The summed E-state index contributed by atoms with van der Waals surface area (Å²) < 4.78 is 0. The normalized spacial score (nSPS) is 10.2. The van der Waals surface area contributed by atoms with Crippen molar-refractivity contribution >= 4 is 17.3 Å². The molecule has 0 saturated carbocycles. The van der Waals surface area contributed by atoms with E-state index >= 15 is 0 Å². The van der Waals surface area contributed by atoms with Gasteiger partial charge < -0.3 is 20.6 Å². The summed E-state index contributed by atoms with van der Waals surface area (Å²) >= 11 is 0. The Bertz CT molecular complexity index is 419. The predicted molar refractivity (Wildman–Crippen MR) is 73.8 cm³/mol. The van der Waals surface area contributed by atoms with E-state index in [1.54, 1.807) is 17.0 Å². The van der Waals surface area contributed by atoms with Gasteiger partial charge in [0, 0.05) is 38.6 Å². The molecule has 0 aliphatic rings. The van der Waals surface area contributed by atoms with Crippen molar-refractivity contribution in [2.75, 3.05) is 44.4 Å². The molecule has 18 heavy (non-hydrogen) atoms. The van der Waals surface area contributed by atoms with Crippen molar-refractivity contribution in [1.82, 2.24) is 4.90 Å². The molecular formula is C13H21N3O2. The van der Waals surface area contributed by atoms with E-state index in [0.29, 0.717) is 24.3 Å². The number of hydrogen-bond donors (Lipinski definition) is 2. The zero-order chi connectivity index (χ0) is 13.7. The van der Waals surface area contributed by atoms with E-state index in [1.165, 1.54) is 0 Å². The molecule has 0 bridgehead atoms. The Kier molecular flexibility index (Phi) is 4.97. The maximum atomic E-state index is 12.4. The molecule has 5 nitrogen and oxygen atoms in total. The molecule has 3 N–H and O–H groups in total. The number of anilines is 2. The molecule has 0 fully saturated rings. The van der Waals surface area contributed by atoms with Gasteiger partial charge in [0.25, 0.3) is 5.91 Å². The fourth-order valence-electron chi connectivity index (χ4n) is 1.81. The Morgan fingerprint density at radius 2 is 2.06 bits per heavy atom. The maximum absolute atomic E-state index is 12.4. The summed E-state index contributed by atoms with van der Waals surface area (Å²) in [6.45, 7) is 2.73. The van der Waals surface area contributed by atoms with Crippen LogP contribution < -0.4 is 10.6 Å². The Morgan fingerprint density at radius 1 is 1.39 bits per heavy atom. The number of aliphatic hydroxyl groups is 1. The van der Waals surface area contributed by atoms with Crippen LogP contribution in [0.25, 0.3) is 0 Å². The van der Waals surface area contributed by atoms with Crippen LogP contribution in [0.5, 0.6) is 0 Å². The van der Waals surface area contributed by atoms with Gasteiger partial charge >= 0.3 is 0 Å². The van der Waals surface area contributed by atoms with Crippen LogP contribution in [0.2, 0.25) is 0 Å². The number of aliphatic hydroxyl groups excluding tert-OH is 1. The number of nitrogens with two attached hydrogens (primary N) is 1. The summed E-state index contributed by atoms with van der Waals surface area (Å²) in [5, 5.41) is 8.97. The third kappa shape index (κ3) is 3.13. The summed E-state index contributed by atoms with van der Waals surface area (Å²) in [6, 6.07) is 5.28. The van der Waals surface area contributed by atoms with E-state index in [9.17, 15) is 4.79 Å². The van der Waals surface area contributed by atoms with Crippen LogP contribution in [0.4, 0.5) is 11.4 Å². The lowest BCUT2D eigenvalue weighted by Gasteiger charge is -2.23. The van der Waals surface area contributed by atoms with Gasteiger partial charge in [-0.3, -0.25) is 4.79 Å². The quantitative estimate of drug-likeness (QED) is 0.759. The van der Waals surface area contributed by atoms with Gasteiger partial charge in [-0.2, -0.15) is 0 Å². The number of rotatable bonds is 5. The lowest BCUT2D eigenvalue weighted by Crippen LogP contribution is -2.34. The standard InChI is InChI=1S/C13H21N3O2/c1-4-16(7-8-17)13(18)11-9-10(14)5-6-12(11)15(2)3/h5-6,9,17H,4,7-8,14H2,1-3H3. The van der Waals surface area contributed by atoms with E-state index in [2.05, 4.69) is 0 Å². The van der Waals surface area contributed by atoms with Crippen molar-refractivity contribution in [1.29, 1.82) is 0 Å². The molecule has 5 heteroatoms. The fourth-order valence-corrected chi connectivity index (χ4v) is 1.81. The van der Waals surface area contributed by atoms with Gasteiger partial charge in [-0.1, -0.05) is 0 Å². The summed E-state index contributed by atoms with van der Waals surface area (Å²) in [4.78, 5) is 15.8. The van der Waals surface area contributed by atoms with Crippen LogP contribution in [-0.4, -0.2) is 49.7 Å². The molecule has 1 amide bonds. The van der Waals surface area contributed by atoms with Gasteiger partial charge in [-0.05, 0) is 25.1 Å². The van der Waals surface area contributed by atoms with Crippen molar-refractivity contribution in [3.8, 4) is 0 Å². The first-order chi connectivity index (χ1) is 8.51. The van der Waals surface area contributed by atoms with Gasteiger partial charge in [0.15, 0.2) is 0 Å². The van der Waals surface area contributed by atoms with Crippen LogP contribution >= 0.6 is 0 Å². The monoisotopic (exact) mass is 251 g/mol. The third-order valence-corrected chi connectivity index (χ3v) is 2.77. The highest BCUT2D eigenvalue weighted by Crippen LogP contribution is 2.22. The number of nitrogens with zero attached hydrogens (tertiary/aromatic N) is 2. The minimum atomic E-state index is -0.109. The largest absolute Gasteiger partial charge is 0.399 e. The molecule has 0 radical (unpaired) electrons. The molecule has 1 rings (SSSR count). The summed E-state index contributed by atoms with van der Waals surface area (Å²) in [5.74, 6) is -0.109. The Balaban J connectivity index is 3.13. The molecule has 1 aromatic rings. The average molecular weight is 251 g/mol. The van der Waals surface area contributed by atoms with Crippen LogP contribution in [0.15, 0.2) is 18.2 Å². The predicted octanol–water partition coefficient (Wildman–Crippen LogP) is 0.789. The molecule has 100 valence electrons. The maximum Gasteiger partial charge on any atom is 0.256 e. The third-order valence-electron chi connectivity index (χ3n) is 2.77. The molecule has 0 aliphatic heterocycles. The van der Waals surface area contributed by atoms with Gasteiger partial charge in [0.2, 0.25) is 0 Å². The second-order valence-electron chi connectivity index (χ2n) is 4.28. The van der Waals surface area contributed by atoms with Crippen molar-refractivity contribution in [2.45, 2.75) is 6.92 Å². The van der Waals surface area contributed by atoms with E-state index < -0.39 is 0 Å². The molecule has 0 spiro atoms. The Labute approximate surface area is 108 Å². The highest BCUT2D eigenvalue weighted by atomic mass is 16.3. The highest BCUT2D eigenvalue weighted by Gasteiger charge is 2.18. The van der Waals surface area contributed by atoms with Gasteiger partial charge in [0.1, 0.15) is 0 Å². The van der Waals surface area contributed by atoms with Gasteiger partial charge in [-0.15, -0.1) is 0 Å². The lowest BCUT2D eigenvalue weighted by atomic mass is 10.1. The SMILES string of the molecule is CCN(CCO)C(=O)c1cc(N)ccc1N(C)C. The van der Waals surface area contributed by atoms with Gasteiger partial charge in [0.05, 0.1) is 12.2 Å². The fraction of sp³-hybridized carbons (Fsp3) is 0.462. The van der Waals surface area contributed by atoms with E-state index in [1.807, 2.05) is 32.0 Å². The number of amides is 1. The molecule has 0 heterocycles. The minimum Gasteiger partial charge on any atom is -0.399 e. The molecule has 1 aromatic carbocycles. The number of nitrogen functional groups attached to an aromatic ring is 1. The minimum absolute atomic E-state index is 0.0425. The first kappa shape index (κ1) is 14.3. The zero-order valence-corrected chi connectivity index (χ0v) is 11.2. The summed E-state index contributed by atoms with van der Waals surface area (Å²) in [7, 11) is 3.76. The lowest BCUT2D eigenvalue weighted by molar-refractivity contribution is 0.0732. The molecule has 0 atom stereocenters. The van der Waals surface area contributed by atoms with Crippen LogP contribution in [-0.2, 0) is 0 Å². The van der Waals surface area contributed by atoms with Crippen LogP contribution in [0, 0.1) is 0 Å². The molecule has 0 aromatic heterocycles. The van der Waals surface area contributed by atoms with Crippen molar-refractivity contribution in [2.24, 2.45) is 0 Å². The van der Waals surface area contributed by atoms with E-state index in [4.69, 9.17) is 10.8 Å². The van der Waals surface area contributed by atoms with Crippen LogP contribution in [0.3, 0.4) is 0 Å². The average Bonchev–Trinajstić information content (AvgIpc) is 2.34. The highest BCUT2D eigenvalue weighted by molar-refractivity contribution is 6.00. The van der Waals surface area contributed by atoms with Crippen molar-refractivity contribution < 1.29 is 9.90 Å². The number of benzene rings is 1. The van der Waals surface area contributed by atoms with Gasteiger partial charge in [-0.25, -0.2) is 0 Å². The smallest absolute Gasteiger partial charge is 0.256 e. The molecule has 0 aliphatic carbocycles. The van der Waals surface area contributed by atoms with Crippen molar-refractivity contribution in [3.05, 3.63) is 23.8 Å². The number of hydrogen-bond acceptors (Lipinski definition) is 4. The first-order valence-corrected chi connectivity index (χ1v) is 5.98. The second kappa shape index (κ2) is 6.26. The molecule has 0 saturated heterocycles. The van der Waals surface area contributed by atoms with E-state index in [0.717, 1.165) is 5.69 Å². The van der Waals surface area contributed by atoms with Crippen molar-refractivity contribution in [3.63, 3.8) is 0 Å². The molecule has 0 unspecified atom stereocenters. The summed E-state index contributed by atoms with van der Waals surface area (Å²) in [6.07, 6.45) is 0. The topological polar surface area (TPSA) is 69.8 Å². The molecular weight excluding hydrogens is 230 g/mol. The summed E-state index contributed by atoms with van der Waals surface area (Å²) in [5.41, 5.74) is 7.69. The van der Waals surface area contributed by atoms with Crippen LogP contribution in [0.1, 0.15) is 17.3 Å². The first-order valence-electron chi connectivity index (χ1n) is 5.98. The number of carbonyl (C=O) groups is 1. The Hall–Kier alpha value is -1.75. The Morgan fingerprint density at radius 3 is 2.56 bits per heavy atom.